The van der Waals surface area contributed by atoms with E-state index < -0.39 is 10.0 Å². The summed E-state index contributed by atoms with van der Waals surface area (Å²) >= 11 is 0. The van der Waals surface area contributed by atoms with E-state index in [4.69, 9.17) is 0 Å². The summed E-state index contributed by atoms with van der Waals surface area (Å²) in [6.07, 6.45) is 6.89. The van der Waals surface area contributed by atoms with Crippen LogP contribution in [0.5, 0.6) is 0 Å². The molecule has 0 bridgehead atoms. The zero-order valence-electron chi connectivity index (χ0n) is 16.7. The molecule has 2 rings (SSSR count). The fourth-order valence-electron chi connectivity index (χ4n) is 3.80. The van der Waals surface area contributed by atoms with Crippen LogP contribution in [0.2, 0.25) is 0 Å². The summed E-state index contributed by atoms with van der Waals surface area (Å²) in [4.78, 5) is 12.2. The van der Waals surface area contributed by atoms with E-state index in [9.17, 15) is 13.2 Å². The van der Waals surface area contributed by atoms with Gasteiger partial charge in [-0.25, -0.2) is 17.9 Å². The van der Waals surface area contributed by atoms with E-state index in [1.807, 2.05) is 12.1 Å². The van der Waals surface area contributed by atoms with Gasteiger partial charge in [0.1, 0.15) is 0 Å². The number of hydrogen-bond acceptors (Lipinski definition) is 3. The molecule has 1 aromatic rings. The van der Waals surface area contributed by atoms with Crippen LogP contribution in [0.1, 0.15) is 63.5 Å². The lowest BCUT2D eigenvalue weighted by Crippen LogP contribution is -2.44. The third-order valence-electron chi connectivity index (χ3n) is 6.03. The van der Waals surface area contributed by atoms with Crippen LogP contribution in [0, 0.1) is 5.41 Å². The van der Waals surface area contributed by atoms with Crippen LogP contribution < -0.4 is 15.4 Å². The highest BCUT2D eigenvalue weighted by Gasteiger charge is 2.32. The smallest absolute Gasteiger partial charge is 0.315 e. The SMILES string of the molecule is CCC1(CC)CCC(NC(=O)NCc2ccc(CS(=O)(=O)NC)cc2)CC1. The Labute approximate surface area is 163 Å². The number of carbonyl (C=O) groups excluding carboxylic acids is 1. The largest absolute Gasteiger partial charge is 0.335 e. The number of hydrogen-bond donors (Lipinski definition) is 3. The monoisotopic (exact) mass is 395 g/mol. The maximum absolute atomic E-state index is 12.2. The number of urea groups is 1. The first-order valence-corrected chi connectivity index (χ1v) is 11.5. The molecular formula is C20H33N3O3S. The summed E-state index contributed by atoms with van der Waals surface area (Å²) in [5, 5.41) is 5.98. The Kier molecular flexibility index (Phi) is 7.68. The van der Waals surface area contributed by atoms with Crippen molar-refractivity contribution in [3.8, 4) is 0 Å². The van der Waals surface area contributed by atoms with Crippen molar-refractivity contribution in [3.63, 3.8) is 0 Å². The molecule has 0 saturated heterocycles. The topological polar surface area (TPSA) is 87.3 Å². The number of sulfonamides is 1. The lowest BCUT2D eigenvalue weighted by Gasteiger charge is -2.39. The summed E-state index contributed by atoms with van der Waals surface area (Å²) in [5.74, 6) is -0.0453. The van der Waals surface area contributed by atoms with Gasteiger partial charge in [0.05, 0.1) is 5.75 Å². The quantitative estimate of drug-likeness (QED) is 0.631. The maximum Gasteiger partial charge on any atom is 0.315 e. The molecule has 0 unspecified atom stereocenters. The third-order valence-corrected chi connectivity index (χ3v) is 7.36. The van der Waals surface area contributed by atoms with Gasteiger partial charge in [0.25, 0.3) is 0 Å². The van der Waals surface area contributed by atoms with Gasteiger partial charge in [-0.05, 0) is 49.3 Å². The van der Waals surface area contributed by atoms with Gasteiger partial charge in [-0.2, -0.15) is 0 Å². The average Bonchev–Trinajstić information content (AvgIpc) is 2.68. The summed E-state index contributed by atoms with van der Waals surface area (Å²) < 4.78 is 25.4. The van der Waals surface area contributed by atoms with E-state index in [1.165, 1.54) is 32.7 Å². The van der Waals surface area contributed by atoms with Crippen molar-refractivity contribution in [1.29, 1.82) is 0 Å². The second-order valence-electron chi connectivity index (χ2n) is 7.59. The fourth-order valence-corrected chi connectivity index (χ4v) is 4.57. The Hall–Kier alpha value is -1.60. The zero-order valence-corrected chi connectivity index (χ0v) is 17.5. The van der Waals surface area contributed by atoms with Crippen LogP contribution in [-0.2, 0) is 22.3 Å². The minimum absolute atomic E-state index is 0.0453. The van der Waals surface area contributed by atoms with Gasteiger partial charge in [0.2, 0.25) is 10.0 Å². The highest BCUT2D eigenvalue weighted by atomic mass is 32.2. The van der Waals surface area contributed by atoms with Crippen molar-refractivity contribution in [3.05, 3.63) is 35.4 Å². The zero-order chi connectivity index (χ0) is 19.9. The van der Waals surface area contributed by atoms with Gasteiger partial charge < -0.3 is 10.6 Å². The molecule has 0 heterocycles. The normalized spacial score (nSPS) is 17.4. The Balaban J connectivity index is 1.76. The molecule has 1 aliphatic carbocycles. The first-order valence-electron chi connectivity index (χ1n) is 9.85. The molecule has 0 aromatic heterocycles. The molecule has 0 spiro atoms. The number of rotatable bonds is 8. The fraction of sp³-hybridized carbons (Fsp3) is 0.650. The lowest BCUT2D eigenvalue weighted by atomic mass is 9.69. The molecule has 27 heavy (non-hydrogen) atoms. The molecular weight excluding hydrogens is 362 g/mol. The molecule has 2 amide bonds. The van der Waals surface area contributed by atoms with Crippen LogP contribution in [0.4, 0.5) is 4.79 Å². The average molecular weight is 396 g/mol. The molecule has 7 heteroatoms. The van der Waals surface area contributed by atoms with E-state index in [-0.39, 0.29) is 17.8 Å². The van der Waals surface area contributed by atoms with Crippen molar-refractivity contribution >= 4 is 16.1 Å². The van der Waals surface area contributed by atoms with E-state index in [1.54, 1.807) is 12.1 Å². The van der Waals surface area contributed by atoms with E-state index in [0.717, 1.165) is 24.0 Å². The molecule has 0 aliphatic heterocycles. The molecule has 3 N–H and O–H groups in total. The first kappa shape index (κ1) is 21.7. The van der Waals surface area contributed by atoms with Crippen LogP contribution >= 0.6 is 0 Å². The van der Waals surface area contributed by atoms with Crippen molar-refractivity contribution in [2.45, 2.75) is 70.7 Å². The highest BCUT2D eigenvalue weighted by Crippen LogP contribution is 2.41. The second-order valence-corrected chi connectivity index (χ2v) is 9.51. The van der Waals surface area contributed by atoms with Gasteiger partial charge in [0.15, 0.2) is 0 Å². The highest BCUT2D eigenvalue weighted by molar-refractivity contribution is 7.88. The molecule has 6 nitrogen and oxygen atoms in total. The van der Waals surface area contributed by atoms with E-state index >= 15 is 0 Å². The molecule has 1 aromatic carbocycles. The molecule has 1 aliphatic rings. The van der Waals surface area contributed by atoms with Crippen LogP contribution in [0.25, 0.3) is 0 Å². The van der Waals surface area contributed by atoms with E-state index in [0.29, 0.717) is 12.0 Å². The predicted octanol–water partition coefficient (Wildman–Crippen LogP) is 3.28. The van der Waals surface area contributed by atoms with E-state index in [2.05, 4.69) is 29.2 Å². The number of amides is 2. The Morgan fingerprint density at radius 2 is 1.63 bits per heavy atom. The summed E-state index contributed by atoms with van der Waals surface area (Å²) in [6, 6.07) is 7.36. The lowest BCUT2D eigenvalue weighted by molar-refractivity contribution is 0.149. The third kappa shape index (κ3) is 6.50. The van der Waals surface area contributed by atoms with Crippen molar-refractivity contribution in [1.82, 2.24) is 15.4 Å². The van der Waals surface area contributed by atoms with Gasteiger partial charge in [-0.3, -0.25) is 0 Å². The minimum Gasteiger partial charge on any atom is -0.335 e. The molecule has 0 radical (unpaired) electrons. The Morgan fingerprint density at radius 3 is 2.15 bits per heavy atom. The van der Waals surface area contributed by atoms with Gasteiger partial charge in [0, 0.05) is 12.6 Å². The Bertz CT molecular complexity index is 702. The number of benzene rings is 1. The van der Waals surface area contributed by atoms with Crippen molar-refractivity contribution in [2.75, 3.05) is 7.05 Å². The van der Waals surface area contributed by atoms with Crippen LogP contribution in [0.3, 0.4) is 0 Å². The van der Waals surface area contributed by atoms with Crippen LogP contribution in [0.15, 0.2) is 24.3 Å². The molecule has 152 valence electrons. The summed E-state index contributed by atoms with van der Waals surface area (Å²) in [5.41, 5.74) is 2.13. The molecule has 0 atom stereocenters. The molecule has 1 saturated carbocycles. The number of carbonyl (C=O) groups is 1. The number of nitrogens with one attached hydrogen (secondary N) is 3. The van der Waals surface area contributed by atoms with Crippen molar-refractivity contribution in [2.24, 2.45) is 5.41 Å². The first-order chi connectivity index (χ1) is 12.8. The van der Waals surface area contributed by atoms with Gasteiger partial charge in [-0.15, -0.1) is 0 Å². The molecule has 1 fully saturated rings. The maximum atomic E-state index is 12.2. The van der Waals surface area contributed by atoms with Gasteiger partial charge in [-0.1, -0.05) is 51.0 Å². The standard InChI is InChI=1S/C20H33N3O3S/c1-4-20(5-2)12-10-18(11-13-20)23-19(24)22-14-16-6-8-17(9-7-16)15-27(25,26)21-3/h6-9,18,21H,4-5,10-15H2,1-3H3,(H2,22,23,24). The minimum atomic E-state index is -3.27. The van der Waals surface area contributed by atoms with Crippen LogP contribution in [-0.4, -0.2) is 27.5 Å². The predicted molar refractivity (Wildman–Crippen MR) is 109 cm³/mol. The summed E-state index contributed by atoms with van der Waals surface area (Å²) in [6.45, 7) is 4.96. The second kappa shape index (κ2) is 9.55. The van der Waals surface area contributed by atoms with Gasteiger partial charge >= 0.3 is 6.03 Å². The van der Waals surface area contributed by atoms with Crippen molar-refractivity contribution < 1.29 is 13.2 Å². The Morgan fingerprint density at radius 1 is 1.07 bits per heavy atom. The summed E-state index contributed by atoms with van der Waals surface area (Å²) in [7, 11) is -1.86.